The molecule has 2 aromatic rings. The number of nitrogens with zero attached hydrogens (tertiary/aromatic N) is 3. The lowest BCUT2D eigenvalue weighted by Gasteiger charge is -2.17. The Morgan fingerprint density at radius 3 is 2.62 bits per heavy atom. The summed E-state index contributed by atoms with van der Waals surface area (Å²) < 4.78 is 2.49. The van der Waals surface area contributed by atoms with Gasteiger partial charge in [-0.15, -0.1) is 5.10 Å². The second-order valence-electron chi connectivity index (χ2n) is 3.73. The summed E-state index contributed by atoms with van der Waals surface area (Å²) in [4.78, 5) is 2.06. The predicted octanol–water partition coefficient (Wildman–Crippen LogP) is 2.11. The van der Waals surface area contributed by atoms with Gasteiger partial charge >= 0.3 is 0 Å². The lowest BCUT2D eigenvalue weighted by Crippen LogP contribution is -2.20. The zero-order chi connectivity index (χ0) is 11.5. The minimum Gasteiger partial charge on any atom is -0.340 e. The van der Waals surface area contributed by atoms with E-state index in [2.05, 4.69) is 27.2 Å². The van der Waals surface area contributed by atoms with Gasteiger partial charge in [-0.05, 0) is 17.8 Å². The average molecular weight is 234 g/mol. The monoisotopic (exact) mass is 234 g/mol. The topological polar surface area (TPSA) is 36.9 Å². The molecule has 0 aliphatic rings. The van der Waals surface area contributed by atoms with E-state index in [-0.39, 0.29) is 0 Å². The molecule has 0 unspecified atom stereocenters. The van der Waals surface area contributed by atoms with Crippen LogP contribution in [0.4, 0.5) is 5.95 Å². The molecule has 0 spiro atoms. The van der Waals surface area contributed by atoms with E-state index in [1.807, 2.05) is 36.9 Å². The van der Waals surface area contributed by atoms with E-state index in [9.17, 15) is 0 Å². The van der Waals surface area contributed by atoms with Crippen LogP contribution in [-0.2, 0) is 13.6 Å². The number of H-pyrrole nitrogens is 1. The Kier molecular flexibility index (Phi) is 3.05. The van der Waals surface area contributed by atoms with Crippen LogP contribution in [-0.4, -0.2) is 21.8 Å². The van der Waals surface area contributed by atoms with Gasteiger partial charge in [0.25, 0.3) is 0 Å². The quantitative estimate of drug-likeness (QED) is 0.826. The molecule has 0 fully saturated rings. The van der Waals surface area contributed by atoms with Crippen molar-refractivity contribution in [2.45, 2.75) is 6.54 Å². The zero-order valence-electron chi connectivity index (χ0n) is 9.34. The van der Waals surface area contributed by atoms with Crippen molar-refractivity contribution in [1.82, 2.24) is 14.8 Å². The first-order valence-corrected chi connectivity index (χ1v) is 5.46. The third-order valence-electron chi connectivity index (χ3n) is 2.46. The summed E-state index contributed by atoms with van der Waals surface area (Å²) in [5.41, 5.74) is 1.25. The number of anilines is 1. The standard InChI is InChI=1S/C11H14N4S/c1-14(8-9-6-4-3-5-7-9)10-12-13-11(16)15(10)2/h3-7H,8H2,1-2H3,(H,13,16). The molecule has 0 radical (unpaired) electrons. The van der Waals surface area contributed by atoms with Gasteiger partial charge in [0.2, 0.25) is 5.95 Å². The van der Waals surface area contributed by atoms with Gasteiger partial charge in [0, 0.05) is 20.6 Å². The van der Waals surface area contributed by atoms with Gasteiger partial charge in [-0.1, -0.05) is 30.3 Å². The van der Waals surface area contributed by atoms with Crippen molar-refractivity contribution in [3.63, 3.8) is 0 Å². The van der Waals surface area contributed by atoms with Crippen LogP contribution in [0.15, 0.2) is 30.3 Å². The van der Waals surface area contributed by atoms with E-state index in [4.69, 9.17) is 12.2 Å². The Labute approximate surface area is 99.5 Å². The number of rotatable bonds is 3. The van der Waals surface area contributed by atoms with E-state index < -0.39 is 0 Å². The molecule has 0 atom stereocenters. The molecule has 0 bridgehead atoms. The summed E-state index contributed by atoms with van der Waals surface area (Å²) >= 11 is 5.08. The number of aromatic amines is 1. The summed E-state index contributed by atoms with van der Waals surface area (Å²) in [6, 6.07) is 10.3. The first kappa shape index (κ1) is 10.9. The molecule has 0 saturated carbocycles. The molecule has 0 aliphatic carbocycles. The molecule has 1 N–H and O–H groups in total. The van der Waals surface area contributed by atoms with Crippen LogP contribution in [0.1, 0.15) is 5.56 Å². The number of hydrogen-bond donors (Lipinski definition) is 1. The normalized spacial score (nSPS) is 10.4. The van der Waals surface area contributed by atoms with E-state index in [0.29, 0.717) is 4.77 Å². The van der Waals surface area contributed by atoms with Crippen LogP contribution in [0.3, 0.4) is 0 Å². The van der Waals surface area contributed by atoms with Crippen molar-refractivity contribution < 1.29 is 0 Å². The summed E-state index contributed by atoms with van der Waals surface area (Å²) in [6.07, 6.45) is 0. The van der Waals surface area contributed by atoms with Crippen molar-refractivity contribution in [2.24, 2.45) is 7.05 Å². The minimum atomic E-state index is 0.634. The Morgan fingerprint density at radius 2 is 2.06 bits per heavy atom. The Morgan fingerprint density at radius 1 is 1.38 bits per heavy atom. The molecular weight excluding hydrogens is 220 g/mol. The Hall–Kier alpha value is -1.62. The smallest absolute Gasteiger partial charge is 0.225 e. The van der Waals surface area contributed by atoms with Crippen LogP contribution in [0.2, 0.25) is 0 Å². The third kappa shape index (κ3) is 2.14. The van der Waals surface area contributed by atoms with E-state index in [1.165, 1.54) is 5.56 Å². The van der Waals surface area contributed by atoms with Gasteiger partial charge in [-0.3, -0.25) is 4.57 Å². The van der Waals surface area contributed by atoms with Crippen LogP contribution in [0.25, 0.3) is 0 Å². The molecule has 1 aromatic carbocycles. The maximum atomic E-state index is 5.08. The average Bonchev–Trinajstić information content (AvgIpc) is 2.61. The highest BCUT2D eigenvalue weighted by Gasteiger charge is 2.07. The molecule has 4 nitrogen and oxygen atoms in total. The van der Waals surface area contributed by atoms with Gasteiger partial charge < -0.3 is 4.90 Å². The van der Waals surface area contributed by atoms with E-state index in [1.54, 1.807) is 0 Å². The third-order valence-corrected chi connectivity index (χ3v) is 2.83. The fourth-order valence-electron chi connectivity index (χ4n) is 1.61. The Bertz CT molecular complexity index is 514. The maximum absolute atomic E-state index is 5.08. The molecule has 2 rings (SSSR count). The predicted molar refractivity (Wildman–Crippen MR) is 66.9 cm³/mol. The van der Waals surface area contributed by atoms with Crippen molar-refractivity contribution >= 4 is 18.2 Å². The largest absolute Gasteiger partial charge is 0.340 e. The van der Waals surface area contributed by atoms with Crippen LogP contribution >= 0.6 is 12.2 Å². The molecule has 0 amide bonds. The molecule has 84 valence electrons. The lowest BCUT2D eigenvalue weighted by atomic mass is 10.2. The molecule has 0 aliphatic heterocycles. The van der Waals surface area contributed by atoms with Crippen LogP contribution < -0.4 is 4.90 Å². The van der Waals surface area contributed by atoms with Gasteiger partial charge in [-0.2, -0.15) is 0 Å². The summed E-state index contributed by atoms with van der Waals surface area (Å²) in [5, 5.41) is 6.96. The van der Waals surface area contributed by atoms with Gasteiger partial charge in [-0.25, -0.2) is 5.10 Å². The highest BCUT2D eigenvalue weighted by Crippen LogP contribution is 2.11. The van der Waals surface area contributed by atoms with Gasteiger partial charge in [0.1, 0.15) is 0 Å². The van der Waals surface area contributed by atoms with Gasteiger partial charge in [0.15, 0.2) is 4.77 Å². The zero-order valence-corrected chi connectivity index (χ0v) is 10.2. The molecule has 5 heteroatoms. The highest BCUT2D eigenvalue weighted by molar-refractivity contribution is 7.71. The first-order valence-electron chi connectivity index (χ1n) is 5.05. The highest BCUT2D eigenvalue weighted by atomic mass is 32.1. The lowest BCUT2D eigenvalue weighted by molar-refractivity contribution is 0.801. The van der Waals surface area contributed by atoms with Crippen molar-refractivity contribution in [3.05, 3.63) is 40.7 Å². The van der Waals surface area contributed by atoms with E-state index >= 15 is 0 Å². The molecular formula is C11H14N4S. The second kappa shape index (κ2) is 4.49. The number of nitrogens with one attached hydrogen (secondary N) is 1. The number of hydrogen-bond acceptors (Lipinski definition) is 3. The summed E-state index contributed by atoms with van der Waals surface area (Å²) in [7, 11) is 3.90. The molecule has 16 heavy (non-hydrogen) atoms. The van der Waals surface area contributed by atoms with E-state index in [0.717, 1.165) is 12.5 Å². The first-order chi connectivity index (χ1) is 7.68. The van der Waals surface area contributed by atoms with Gasteiger partial charge in [0.05, 0.1) is 0 Å². The van der Waals surface area contributed by atoms with Crippen molar-refractivity contribution in [1.29, 1.82) is 0 Å². The second-order valence-corrected chi connectivity index (χ2v) is 4.12. The SMILES string of the molecule is CN(Cc1ccccc1)c1n[nH]c(=S)n1C. The van der Waals surface area contributed by atoms with Crippen molar-refractivity contribution in [3.8, 4) is 0 Å². The van der Waals surface area contributed by atoms with Crippen LogP contribution in [0.5, 0.6) is 0 Å². The van der Waals surface area contributed by atoms with Crippen LogP contribution in [0, 0.1) is 4.77 Å². The minimum absolute atomic E-state index is 0.634. The molecule has 1 heterocycles. The summed E-state index contributed by atoms with van der Waals surface area (Å²) in [6.45, 7) is 0.814. The van der Waals surface area contributed by atoms with Crippen molar-refractivity contribution in [2.75, 3.05) is 11.9 Å². The summed E-state index contributed by atoms with van der Waals surface area (Å²) in [5.74, 6) is 0.842. The number of benzene rings is 1. The Balaban J connectivity index is 2.18. The fraction of sp³-hybridized carbons (Fsp3) is 0.273. The molecule has 0 saturated heterocycles. The maximum Gasteiger partial charge on any atom is 0.225 e. The molecule has 1 aromatic heterocycles. The number of aromatic nitrogens is 3. The fourth-order valence-corrected chi connectivity index (χ4v) is 1.74.